The third-order valence-corrected chi connectivity index (χ3v) is 3.88. The first-order valence-electron chi connectivity index (χ1n) is 6.23. The van der Waals surface area contributed by atoms with Crippen LogP contribution < -0.4 is 11.3 Å². The lowest BCUT2D eigenvalue weighted by molar-refractivity contribution is 0.228. The molecule has 16 heavy (non-hydrogen) atoms. The van der Waals surface area contributed by atoms with Crippen LogP contribution in [0.25, 0.3) is 0 Å². The molecule has 2 nitrogen and oxygen atoms in total. The normalized spacial score (nSPS) is 18.2. The van der Waals surface area contributed by atoms with E-state index in [9.17, 15) is 0 Å². The molecule has 0 amide bonds. The van der Waals surface area contributed by atoms with Gasteiger partial charge in [-0.3, -0.25) is 11.3 Å². The average Bonchev–Trinajstić information content (AvgIpc) is 2.19. The van der Waals surface area contributed by atoms with Gasteiger partial charge in [-0.25, -0.2) is 0 Å². The Morgan fingerprint density at radius 2 is 2.12 bits per heavy atom. The van der Waals surface area contributed by atoms with Crippen molar-refractivity contribution in [2.75, 3.05) is 0 Å². The first kappa shape index (κ1) is 11.6. The topological polar surface area (TPSA) is 38.0 Å². The Labute approximate surface area is 98.2 Å². The molecular weight excluding hydrogens is 196 g/mol. The highest BCUT2D eigenvalue weighted by Crippen LogP contribution is 2.31. The first-order valence-corrected chi connectivity index (χ1v) is 6.23. The molecule has 0 radical (unpaired) electrons. The van der Waals surface area contributed by atoms with E-state index < -0.39 is 0 Å². The molecule has 2 heteroatoms. The first-order chi connectivity index (χ1) is 7.70. The Hall–Kier alpha value is -0.860. The number of hydrazine groups is 1. The molecule has 1 atom stereocenters. The van der Waals surface area contributed by atoms with Crippen LogP contribution >= 0.6 is 0 Å². The molecule has 88 valence electrons. The Bertz CT molecular complexity index is 356. The molecule has 1 aromatic carbocycles. The summed E-state index contributed by atoms with van der Waals surface area (Å²) < 4.78 is 0. The van der Waals surface area contributed by atoms with Crippen LogP contribution in [0, 0.1) is 19.8 Å². The van der Waals surface area contributed by atoms with E-state index in [4.69, 9.17) is 5.84 Å². The van der Waals surface area contributed by atoms with E-state index in [0.29, 0.717) is 6.04 Å². The summed E-state index contributed by atoms with van der Waals surface area (Å²) in [6, 6.07) is 7.12. The molecule has 0 aliphatic heterocycles. The van der Waals surface area contributed by atoms with Crippen LogP contribution in [0.3, 0.4) is 0 Å². The summed E-state index contributed by atoms with van der Waals surface area (Å²) in [5, 5.41) is 0. The number of aryl methyl sites for hydroxylation is 2. The molecule has 1 aliphatic carbocycles. The molecule has 1 aromatic rings. The summed E-state index contributed by atoms with van der Waals surface area (Å²) in [7, 11) is 0. The van der Waals surface area contributed by atoms with Crippen LogP contribution in [0.2, 0.25) is 0 Å². The molecule has 1 fully saturated rings. The second kappa shape index (κ2) is 4.98. The maximum atomic E-state index is 5.67. The van der Waals surface area contributed by atoms with Gasteiger partial charge in [0.15, 0.2) is 0 Å². The fourth-order valence-corrected chi connectivity index (χ4v) is 2.46. The SMILES string of the molecule is Cc1ccc(C)c(CC(NN)C2CCC2)c1. The number of hydrogen-bond acceptors (Lipinski definition) is 2. The highest BCUT2D eigenvalue weighted by Gasteiger charge is 2.26. The van der Waals surface area contributed by atoms with Gasteiger partial charge in [0.25, 0.3) is 0 Å². The maximum absolute atomic E-state index is 5.67. The lowest BCUT2D eigenvalue weighted by atomic mass is 9.77. The van der Waals surface area contributed by atoms with Crippen molar-refractivity contribution >= 4 is 0 Å². The zero-order valence-corrected chi connectivity index (χ0v) is 10.3. The molecule has 1 saturated carbocycles. The van der Waals surface area contributed by atoms with Crippen molar-refractivity contribution in [3.63, 3.8) is 0 Å². The summed E-state index contributed by atoms with van der Waals surface area (Å²) in [5.74, 6) is 6.45. The number of hydrogen-bond donors (Lipinski definition) is 2. The van der Waals surface area contributed by atoms with Gasteiger partial charge in [0.05, 0.1) is 0 Å². The van der Waals surface area contributed by atoms with Crippen molar-refractivity contribution in [1.29, 1.82) is 0 Å². The quantitative estimate of drug-likeness (QED) is 0.602. The van der Waals surface area contributed by atoms with Gasteiger partial charge in [0, 0.05) is 6.04 Å². The Kier molecular flexibility index (Phi) is 3.62. The zero-order valence-electron chi connectivity index (χ0n) is 10.3. The molecule has 2 rings (SSSR count). The van der Waals surface area contributed by atoms with Crippen molar-refractivity contribution in [2.24, 2.45) is 11.8 Å². The minimum atomic E-state index is 0.453. The Morgan fingerprint density at radius 3 is 2.69 bits per heavy atom. The summed E-state index contributed by atoms with van der Waals surface area (Å²) in [6.45, 7) is 4.33. The summed E-state index contributed by atoms with van der Waals surface area (Å²) >= 11 is 0. The number of nitrogens with one attached hydrogen (secondary N) is 1. The molecule has 1 aliphatic rings. The summed E-state index contributed by atoms with van der Waals surface area (Å²) in [5.41, 5.74) is 7.16. The van der Waals surface area contributed by atoms with E-state index in [0.717, 1.165) is 12.3 Å². The minimum absolute atomic E-state index is 0.453. The summed E-state index contributed by atoms with van der Waals surface area (Å²) in [6.07, 6.45) is 5.10. The third-order valence-electron chi connectivity index (χ3n) is 3.88. The van der Waals surface area contributed by atoms with Gasteiger partial charge in [-0.15, -0.1) is 0 Å². The van der Waals surface area contributed by atoms with Crippen LogP contribution in [-0.4, -0.2) is 6.04 Å². The van der Waals surface area contributed by atoms with Gasteiger partial charge in [0.2, 0.25) is 0 Å². The lowest BCUT2D eigenvalue weighted by Gasteiger charge is -2.33. The molecular formula is C14H22N2. The van der Waals surface area contributed by atoms with Crippen molar-refractivity contribution in [3.8, 4) is 0 Å². The molecule has 0 saturated heterocycles. The van der Waals surface area contributed by atoms with Crippen molar-refractivity contribution in [1.82, 2.24) is 5.43 Å². The molecule has 0 bridgehead atoms. The van der Waals surface area contributed by atoms with Gasteiger partial charge in [-0.2, -0.15) is 0 Å². The fraction of sp³-hybridized carbons (Fsp3) is 0.571. The van der Waals surface area contributed by atoms with Crippen molar-refractivity contribution in [2.45, 2.75) is 45.6 Å². The predicted octanol–water partition coefficient (Wildman–Crippen LogP) is 2.48. The highest BCUT2D eigenvalue weighted by molar-refractivity contribution is 5.31. The minimum Gasteiger partial charge on any atom is -0.271 e. The monoisotopic (exact) mass is 218 g/mol. The largest absolute Gasteiger partial charge is 0.271 e. The molecule has 0 heterocycles. The fourth-order valence-electron chi connectivity index (χ4n) is 2.46. The molecule has 0 spiro atoms. The van der Waals surface area contributed by atoms with E-state index in [1.54, 1.807) is 0 Å². The van der Waals surface area contributed by atoms with E-state index in [1.165, 1.54) is 36.0 Å². The van der Waals surface area contributed by atoms with E-state index >= 15 is 0 Å². The smallest absolute Gasteiger partial charge is 0.0279 e. The van der Waals surface area contributed by atoms with E-state index in [2.05, 4.69) is 37.5 Å². The van der Waals surface area contributed by atoms with E-state index in [1.807, 2.05) is 0 Å². The number of benzene rings is 1. The van der Waals surface area contributed by atoms with E-state index in [-0.39, 0.29) is 0 Å². The second-order valence-corrected chi connectivity index (χ2v) is 5.10. The Morgan fingerprint density at radius 1 is 1.38 bits per heavy atom. The lowest BCUT2D eigenvalue weighted by Crippen LogP contribution is -2.45. The summed E-state index contributed by atoms with van der Waals surface area (Å²) in [4.78, 5) is 0. The molecule has 0 aromatic heterocycles. The van der Waals surface area contributed by atoms with Gasteiger partial charge in [-0.05, 0) is 50.2 Å². The van der Waals surface area contributed by atoms with Gasteiger partial charge < -0.3 is 0 Å². The van der Waals surface area contributed by atoms with Gasteiger partial charge >= 0.3 is 0 Å². The number of rotatable bonds is 4. The van der Waals surface area contributed by atoms with Crippen LogP contribution in [0.15, 0.2) is 18.2 Å². The van der Waals surface area contributed by atoms with Crippen molar-refractivity contribution in [3.05, 3.63) is 34.9 Å². The third kappa shape index (κ3) is 2.45. The van der Waals surface area contributed by atoms with Crippen LogP contribution in [-0.2, 0) is 6.42 Å². The number of nitrogens with two attached hydrogens (primary N) is 1. The highest BCUT2D eigenvalue weighted by atomic mass is 15.2. The molecule has 3 N–H and O–H groups in total. The average molecular weight is 218 g/mol. The van der Waals surface area contributed by atoms with Gasteiger partial charge in [0.1, 0.15) is 0 Å². The predicted molar refractivity (Wildman–Crippen MR) is 68.1 cm³/mol. The van der Waals surface area contributed by atoms with Crippen LogP contribution in [0.5, 0.6) is 0 Å². The molecule has 1 unspecified atom stereocenters. The second-order valence-electron chi connectivity index (χ2n) is 5.10. The van der Waals surface area contributed by atoms with Gasteiger partial charge in [-0.1, -0.05) is 30.2 Å². The maximum Gasteiger partial charge on any atom is 0.0279 e. The Balaban J connectivity index is 2.08. The van der Waals surface area contributed by atoms with Crippen LogP contribution in [0.1, 0.15) is 36.0 Å². The zero-order chi connectivity index (χ0) is 11.5. The van der Waals surface area contributed by atoms with Crippen molar-refractivity contribution < 1.29 is 0 Å². The van der Waals surface area contributed by atoms with Crippen LogP contribution in [0.4, 0.5) is 0 Å². The standard InChI is InChI=1S/C14H22N2/c1-10-6-7-11(2)13(8-10)9-14(16-15)12-4-3-5-12/h6-8,12,14,16H,3-5,9,15H2,1-2H3.